The van der Waals surface area contributed by atoms with E-state index in [1.165, 1.54) is 19.5 Å². The normalized spacial score (nSPS) is 10.5. The van der Waals surface area contributed by atoms with Gasteiger partial charge in [0.05, 0.1) is 36.2 Å². The van der Waals surface area contributed by atoms with Crippen molar-refractivity contribution in [2.24, 2.45) is 0 Å². The summed E-state index contributed by atoms with van der Waals surface area (Å²) in [6, 6.07) is 5.12. The molecule has 21 heavy (non-hydrogen) atoms. The summed E-state index contributed by atoms with van der Waals surface area (Å²) < 4.78 is 4.93. The van der Waals surface area contributed by atoms with Gasteiger partial charge < -0.3 is 20.0 Å². The average molecular weight is 285 g/mol. The third-order valence-corrected chi connectivity index (χ3v) is 2.87. The summed E-state index contributed by atoms with van der Waals surface area (Å²) in [5, 5.41) is 2.66. The molecular formula is C13H11N5O3. The fraction of sp³-hybridized carbons (Fsp3) is 0.0769. The zero-order valence-corrected chi connectivity index (χ0v) is 11.0. The van der Waals surface area contributed by atoms with Gasteiger partial charge in [0.25, 0.3) is 5.91 Å². The molecule has 0 aliphatic carbocycles. The SMILES string of the molecule is COc1cnc(C(=O)Nc2cccc3[nH]c(=O)[nH]c23)nc1. The van der Waals surface area contributed by atoms with Gasteiger partial charge in [0.15, 0.2) is 5.75 Å². The largest absolute Gasteiger partial charge is 0.494 e. The van der Waals surface area contributed by atoms with Crippen molar-refractivity contribution in [3.63, 3.8) is 0 Å². The van der Waals surface area contributed by atoms with Crippen LogP contribution in [0, 0.1) is 0 Å². The van der Waals surface area contributed by atoms with Crippen LogP contribution in [0.1, 0.15) is 10.6 Å². The molecular weight excluding hydrogens is 274 g/mol. The molecule has 8 heteroatoms. The summed E-state index contributed by atoms with van der Waals surface area (Å²) in [6.45, 7) is 0. The number of methoxy groups -OCH3 is 1. The molecule has 0 bridgehead atoms. The minimum Gasteiger partial charge on any atom is -0.494 e. The number of hydrogen-bond acceptors (Lipinski definition) is 5. The molecule has 1 amide bonds. The van der Waals surface area contributed by atoms with Crippen molar-refractivity contribution in [1.29, 1.82) is 0 Å². The number of rotatable bonds is 3. The van der Waals surface area contributed by atoms with E-state index in [1.54, 1.807) is 18.2 Å². The van der Waals surface area contributed by atoms with Gasteiger partial charge in [0.2, 0.25) is 5.82 Å². The Kier molecular flexibility index (Phi) is 3.11. The number of carbonyl (C=O) groups is 1. The molecule has 3 aromatic rings. The molecule has 2 heterocycles. The van der Waals surface area contributed by atoms with E-state index in [0.29, 0.717) is 22.5 Å². The predicted molar refractivity (Wildman–Crippen MR) is 75.5 cm³/mol. The van der Waals surface area contributed by atoms with E-state index in [1.807, 2.05) is 0 Å². The Balaban J connectivity index is 1.90. The van der Waals surface area contributed by atoms with Gasteiger partial charge in [-0.1, -0.05) is 6.07 Å². The third kappa shape index (κ3) is 2.46. The van der Waals surface area contributed by atoms with Crippen LogP contribution < -0.4 is 15.7 Å². The molecule has 0 fully saturated rings. The number of anilines is 1. The Morgan fingerprint density at radius 3 is 2.71 bits per heavy atom. The van der Waals surface area contributed by atoms with E-state index in [4.69, 9.17) is 4.74 Å². The van der Waals surface area contributed by atoms with Crippen molar-refractivity contribution in [2.45, 2.75) is 0 Å². The zero-order chi connectivity index (χ0) is 14.8. The second-order valence-electron chi connectivity index (χ2n) is 4.21. The molecule has 0 radical (unpaired) electrons. The van der Waals surface area contributed by atoms with Crippen LogP contribution in [0.15, 0.2) is 35.4 Å². The maximum absolute atomic E-state index is 12.1. The molecule has 0 atom stereocenters. The number of nitrogens with one attached hydrogen (secondary N) is 3. The number of para-hydroxylation sites is 1. The summed E-state index contributed by atoms with van der Waals surface area (Å²) in [6.07, 6.45) is 2.81. The van der Waals surface area contributed by atoms with Gasteiger partial charge in [-0.05, 0) is 12.1 Å². The van der Waals surface area contributed by atoms with E-state index in [9.17, 15) is 9.59 Å². The second-order valence-corrected chi connectivity index (χ2v) is 4.21. The third-order valence-electron chi connectivity index (χ3n) is 2.87. The minimum absolute atomic E-state index is 0.00526. The summed E-state index contributed by atoms with van der Waals surface area (Å²) in [5.74, 6) is -0.0125. The van der Waals surface area contributed by atoms with Crippen LogP contribution in [0.25, 0.3) is 11.0 Å². The van der Waals surface area contributed by atoms with E-state index < -0.39 is 5.91 Å². The van der Waals surface area contributed by atoms with Gasteiger partial charge in [0, 0.05) is 0 Å². The fourth-order valence-electron chi connectivity index (χ4n) is 1.88. The molecule has 1 aromatic carbocycles. The molecule has 0 spiro atoms. The van der Waals surface area contributed by atoms with Crippen LogP contribution in [0.4, 0.5) is 5.69 Å². The molecule has 2 aromatic heterocycles. The molecule has 0 aliphatic heterocycles. The molecule has 0 saturated carbocycles. The number of amides is 1. The van der Waals surface area contributed by atoms with Gasteiger partial charge in [-0.2, -0.15) is 0 Å². The Hall–Kier alpha value is -3.16. The number of nitrogens with zero attached hydrogens (tertiary/aromatic N) is 2. The predicted octanol–water partition coefficient (Wildman–Crippen LogP) is 0.907. The van der Waals surface area contributed by atoms with Crippen molar-refractivity contribution < 1.29 is 9.53 Å². The van der Waals surface area contributed by atoms with Gasteiger partial charge in [-0.15, -0.1) is 0 Å². The van der Waals surface area contributed by atoms with Crippen LogP contribution in [0.2, 0.25) is 0 Å². The first-order valence-corrected chi connectivity index (χ1v) is 6.06. The Morgan fingerprint density at radius 1 is 1.24 bits per heavy atom. The molecule has 3 N–H and O–H groups in total. The number of H-pyrrole nitrogens is 2. The molecule has 8 nitrogen and oxygen atoms in total. The van der Waals surface area contributed by atoms with Crippen LogP contribution in [0.5, 0.6) is 5.75 Å². The summed E-state index contributed by atoms with van der Waals surface area (Å²) in [5.41, 5.74) is 1.25. The van der Waals surface area contributed by atoms with Gasteiger partial charge >= 0.3 is 5.69 Å². The molecule has 3 rings (SSSR count). The lowest BCUT2D eigenvalue weighted by Gasteiger charge is -2.05. The van der Waals surface area contributed by atoms with Crippen molar-refractivity contribution in [3.05, 3.63) is 46.9 Å². The smallest absolute Gasteiger partial charge is 0.323 e. The fourth-order valence-corrected chi connectivity index (χ4v) is 1.88. The molecule has 106 valence electrons. The van der Waals surface area contributed by atoms with E-state index in [-0.39, 0.29) is 11.5 Å². The number of ether oxygens (including phenoxy) is 1. The summed E-state index contributed by atoms with van der Waals surface area (Å²) in [4.78, 5) is 36.4. The van der Waals surface area contributed by atoms with Crippen molar-refractivity contribution in [3.8, 4) is 5.75 Å². The summed E-state index contributed by atoms with van der Waals surface area (Å²) in [7, 11) is 1.49. The highest BCUT2D eigenvalue weighted by Crippen LogP contribution is 2.18. The first-order chi connectivity index (χ1) is 10.2. The highest BCUT2D eigenvalue weighted by Gasteiger charge is 2.12. The van der Waals surface area contributed by atoms with E-state index in [2.05, 4.69) is 25.3 Å². The number of aromatic amines is 2. The first-order valence-electron chi connectivity index (χ1n) is 6.06. The lowest BCUT2D eigenvalue weighted by Crippen LogP contribution is -2.15. The maximum Gasteiger partial charge on any atom is 0.323 e. The number of aromatic nitrogens is 4. The Morgan fingerprint density at radius 2 is 2.00 bits per heavy atom. The number of hydrogen-bond donors (Lipinski definition) is 3. The topological polar surface area (TPSA) is 113 Å². The lowest BCUT2D eigenvalue weighted by molar-refractivity contribution is 0.101. The maximum atomic E-state index is 12.1. The molecule has 0 unspecified atom stereocenters. The average Bonchev–Trinajstić information content (AvgIpc) is 2.88. The second kappa shape index (κ2) is 5.08. The van der Waals surface area contributed by atoms with E-state index >= 15 is 0 Å². The molecule has 0 aliphatic rings. The quantitative estimate of drug-likeness (QED) is 0.662. The van der Waals surface area contributed by atoms with Crippen LogP contribution >= 0.6 is 0 Å². The van der Waals surface area contributed by atoms with Crippen LogP contribution in [-0.2, 0) is 0 Å². The minimum atomic E-state index is -0.479. The highest BCUT2D eigenvalue weighted by molar-refractivity contribution is 6.05. The van der Waals surface area contributed by atoms with Crippen molar-refractivity contribution in [1.82, 2.24) is 19.9 Å². The molecule has 0 saturated heterocycles. The van der Waals surface area contributed by atoms with Gasteiger partial charge in [-0.25, -0.2) is 14.8 Å². The highest BCUT2D eigenvalue weighted by atomic mass is 16.5. The van der Waals surface area contributed by atoms with Crippen molar-refractivity contribution >= 4 is 22.6 Å². The summed E-state index contributed by atoms with van der Waals surface area (Å²) >= 11 is 0. The van der Waals surface area contributed by atoms with E-state index in [0.717, 1.165) is 0 Å². The number of fused-ring (bicyclic) bond motifs is 1. The zero-order valence-electron chi connectivity index (χ0n) is 11.0. The number of carbonyl (C=O) groups excluding carboxylic acids is 1. The van der Waals surface area contributed by atoms with Gasteiger partial charge in [-0.3, -0.25) is 4.79 Å². The van der Waals surface area contributed by atoms with Crippen LogP contribution in [0.3, 0.4) is 0 Å². The monoisotopic (exact) mass is 285 g/mol. The number of imidazole rings is 1. The van der Waals surface area contributed by atoms with Crippen molar-refractivity contribution in [2.75, 3.05) is 12.4 Å². The lowest BCUT2D eigenvalue weighted by atomic mass is 10.2. The first kappa shape index (κ1) is 12.9. The van der Waals surface area contributed by atoms with Crippen LogP contribution in [-0.4, -0.2) is 33.0 Å². The standard InChI is InChI=1S/C13H11N5O3/c1-21-7-5-14-11(15-6-7)12(19)16-8-3-2-4-9-10(8)18-13(20)17-9/h2-6H,1H3,(H,16,19)(H2,17,18,20). The van der Waals surface area contributed by atoms with Gasteiger partial charge in [0.1, 0.15) is 0 Å². The Bertz CT molecular complexity index is 850. The number of benzene rings is 1. The Labute approximate surface area is 118 Å².